The first-order valence-electron chi connectivity index (χ1n) is 10.4. The Kier molecular flexibility index (Phi) is 7.85. The van der Waals surface area contributed by atoms with Crippen molar-refractivity contribution in [2.24, 2.45) is 0 Å². The van der Waals surface area contributed by atoms with E-state index in [1.807, 2.05) is 49.4 Å². The monoisotopic (exact) mass is 411 g/mol. The number of esters is 1. The highest BCUT2D eigenvalue weighted by Gasteiger charge is 2.22. The number of benzene rings is 2. The zero-order valence-electron chi connectivity index (χ0n) is 17.6. The van der Waals surface area contributed by atoms with Gasteiger partial charge in [0.15, 0.2) is 11.9 Å². The minimum absolute atomic E-state index is 0.225. The van der Waals surface area contributed by atoms with E-state index in [4.69, 9.17) is 14.2 Å². The lowest BCUT2D eigenvalue weighted by atomic mass is 10.0. The molecular weight excluding hydrogens is 382 g/mol. The number of ketones is 1. The second-order valence-electron chi connectivity index (χ2n) is 7.16. The number of nitrogens with zero attached hydrogens (tertiary/aromatic N) is 1. The van der Waals surface area contributed by atoms with Gasteiger partial charge >= 0.3 is 5.97 Å². The van der Waals surface area contributed by atoms with Crippen molar-refractivity contribution in [3.8, 4) is 5.75 Å². The van der Waals surface area contributed by atoms with Crippen molar-refractivity contribution in [2.75, 3.05) is 37.8 Å². The van der Waals surface area contributed by atoms with Gasteiger partial charge in [-0.3, -0.25) is 4.79 Å². The quantitative estimate of drug-likeness (QED) is 0.560. The van der Waals surface area contributed by atoms with E-state index in [0.717, 1.165) is 22.6 Å². The van der Waals surface area contributed by atoms with Gasteiger partial charge in [-0.1, -0.05) is 30.3 Å². The Bertz CT molecular complexity index is 849. The summed E-state index contributed by atoms with van der Waals surface area (Å²) in [6, 6.07) is 15.6. The molecule has 0 saturated heterocycles. The third-order valence-electron chi connectivity index (χ3n) is 4.98. The molecule has 6 nitrogen and oxygen atoms in total. The Hall–Kier alpha value is -2.86. The van der Waals surface area contributed by atoms with Crippen molar-refractivity contribution < 1.29 is 23.8 Å². The summed E-state index contributed by atoms with van der Waals surface area (Å²) < 4.78 is 16.5. The minimum Gasteiger partial charge on any atom is -0.492 e. The third kappa shape index (κ3) is 5.83. The Morgan fingerprint density at radius 1 is 1.07 bits per heavy atom. The molecule has 0 spiro atoms. The van der Waals surface area contributed by atoms with E-state index in [2.05, 4.69) is 11.0 Å². The van der Waals surface area contributed by atoms with Crippen LogP contribution in [0.5, 0.6) is 5.75 Å². The molecule has 6 heteroatoms. The first kappa shape index (κ1) is 21.8. The topological polar surface area (TPSA) is 65.1 Å². The average Bonchev–Trinajstić information content (AvgIpc) is 2.74. The maximum absolute atomic E-state index is 12.0. The number of carbonyl (C=O) groups is 2. The Labute approximate surface area is 177 Å². The van der Waals surface area contributed by atoms with E-state index in [0.29, 0.717) is 45.8 Å². The zero-order chi connectivity index (χ0) is 21.3. The fraction of sp³-hybridized carbons (Fsp3) is 0.417. The fourth-order valence-electron chi connectivity index (χ4n) is 3.59. The third-order valence-corrected chi connectivity index (χ3v) is 4.98. The van der Waals surface area contributed by atoms with Gasteiger partial charge in [0.25, 0.3) is 0 Å². The summed E-state index contributed by atoms with van der Waals surface area (Å²) in [6.07, 6.45) is 0.363. The van der Waals surface area contributed by atoms with Crippen LogP contribution in [-0.2, 0) is 31.9 Å². The smallest absolute Gasteiger partial charge is 0.335 e. The molecule has 1 atom stereocenters. The minimum atomic E-state index is -0.599. The maximum atomic E-state index is 12.0. The van der Waals surface area contributed by atoms with Crippen LogP contribution in [-0.4, -0.2) is 50.8 Å². The van der Waals surface area contributed by atoms with Crippen LogP contribution in [0.3, 0.4) is 0 Å². The molecule has 0 N–H and O–H groups in total. The number of para-hydroxylation sites is 1. The van der Waals surface area contributed by atoms with Crippen LogP contribution in [0.1, 0.15) is 25.0 Å². The summed E-state index contributed by atoms with van der Waals surface area (Å²) >= 11 is 0. The van der Waals surface area contributed by atoms with Crippen LogP contribution in [0, 0.1) is 0 Å². The number of fused-ring (bicyclic) bond motifs is 1. The van der Waals surface area contributed by atoms with Crippen LogP contribution < -0.4 is 9.64 Å². The predicted molar refractivity (Wildman–Crippen MR) is 115 cm³/mol. The first-order chi connectivity index (χ1) is 14.6. The highest BCUT2D eigenvalue weighted by Crippen LogP contribution is 2.25. The summed E-state index contributed by atoms with van der Waals surface area (Å²) in [5.74, 6) is 0.638. The molecular formula is C24H29NO5. The van der Waals surface area contributed by atoms with E-state index in [9.17, 15) is 9.59 Å². The number of rotatable bonds is 10. The van der Waals surface area contributed by atoms with Crippen LogP contribution in [0.2, 0.25) is 0 Å². The lowest BCUT2D eigenvalue weighted by molar-refractivity contribution is -0.156. The van der Waals surface area contributed by atoms with Crippen molar-refractivity contribution >= 4 is 17.4 Å². The summed E-state index contributed by atoms with van der Waals surface area (Å²) in [5.41, 5.74) is 3.16. The van der Waals surface area contributed by atoms with E-state index in [-0.39, 0.29) is 11.8 Å². The van der Waals surface area contributed by atoms with Gasteiger partial charge in [-0.25, -0.2) is 4.79 Å². The molecule has 160 valence electrons. The van der Waals surface area contributed by atoms with E-state index < -0.39 is 6.10 Å². The van der Waals surface area contributed by atoms with Crippen molar-refractivity contribution in [3.63, 3.8) is 0 Å². The van der Waals surface area contributed by atoms with Crippen LogP contribution in [0.25, 0.3) is 0 Å². The van der Waals surface area contributed by atoms with E-state index in [1.165, 1.54) is 0 Å². The molecule has 1 aliphatic rings. The Balaban J connectivity index is 1.53. The van der Waals surface area contributed by atoms with Gasteiger partial charge in [-0.2, -0.15) is 0 Å². The highest BCUT2D eigenvalue weighted by molar-refractivity contribution is 5.90. The van der Waals surface area contributed by atoms with E-state index in [1.54, 1.807) is 6.92 Å². The van der Waals surface area contributed by atoms with Gasteiger partial charge in [0, 0.05) is 25.1 Å². The van der Waals surface area contributed by atoms with Gasteiger partial charge in [0.1, 0.15) is 12.4 Å². The van der Waals surface area contributed by atoms with Crippen molar-refractivity contribution in [1.82, 2.24) is 0 Å². The summed E-state index contributed by atoms with van der Waals surface area (Å²) in [4.78, 5) is 26.1. The molecule has 2 aromatic rings. The normalized spacial score (nSPS) is 14.2. The largest absolute Gasteiger partial charge is 0.492 e. The molecule has 1 heterocycles. The maximum Gasteiger partial charge on any atom is 0.335 e. The lowest BCUT2D eigenvalue weighted by Gasteiger charge is -2.30. The van der Waals surface area contributed by atoms with Crippen molar-refractivity contribution in [1.29, 1.82) is 0 Å². The van der Waals surface area contributed by atoms with Crippen LogP contribution in [0.15, 0.2) is 48.5 Å². The number of Topliss-reactive ketones (excluding diaryl/α,β-unsaturated/α-hetero) is 1. The summed E-state index contributed by atoms with van der Waals surface area (Å²) in [5, 5.41) is 0. The molecule has 0 saturated carbocycles. The van der Waals surface area contributed by atoms with E-state index >= 15 is 0 Å². The van der Waals surface area contributed by atoms with Gasteiger partial charge in [0.05, 0.1) is 19.7 Å². The summed E-state index contributed by atoms with van der Waals surface area (Å²) in [7, 11) is 0. The fourth-order valence-corrected chi connectivity index (χ4v) is 3.59. The Morgan fingerprint density at radius 3 is 2.57 bits per heavy atom. The molecule has 0 aromatic heterocycles. The highest BCUT2D eigenvalue weighted by atomic mass is 16.6. The number of hydrogen-bond acceptors (Lipinski definition) is 6. The van der Waals surface area contributed by atoms with Crippen LogP contribution >= 0.6 is 0 Å². The molecule has 0 aliphatic carbocycles. The Morgan fingerprint density at radius 2 is 1.83 bits per heavy atom. The second-order valence-corrected chi connectivity index (χ2v) is 7.16. The molecule has 0 radical (unpaired) electrons. The van der Waals surface area contributed by atoms with Crippen molar-refractivity contribution in [3.05, 3.63) is 59.7 Å². The first-order valence-corrected chi connectivity index (χ1v) is 10.4. The standard InChI is InChI=1S/C24H29NO5/c1-3-28-23(24(27)29-4-2)15-18-9-11-21(12-10-18)30-14-13-25-17-20(26)16-19-7-5-6-8-22(19)25/h5-12,23H,3-4,13-17H2,1-2H3. The second kappa shape index (κ2) is 10.8. The molecule has 1 aliphatic heterocycles. The van der Waals surface area contributed by atoms with Gasteiger partial charge in [-0.15, -0.1) is 0 Å². The predicted octanol–water partition coefficient (Wildman–Crippen LogP) is 3.21. The lowest BCUT2D eigenvalue weighted by Crippen LogP contribution is -2.38. The summed E-state index contributed by atoms with van der Waals surface area (Å²) in [6.45, 7) is 5.97. The zero-order valence-corrected chi connectivity index (χ0v) is 17.6. The number of anilines is 1. The average molecular weight is 411 g/mol. The number of hydrogen-bond donors (Lipinski definition) is 0. The molecule has 0 bridgehead atoms. The van der Waals surface area contributed by atoms with Gasteiger partial charge in [-0.05, 0) is 43.2 Å². The molecule has 0 amide bonds. The van der Waals surface area contributed by atoms with Crippen LogP contribution in [0.4, 0.5) is 5.69 Å². The molecule has 3 rings (SSSR count). The molecule has 0 fully saturated rings. The van der Waals surface area contributed by atoms with Gasteiger partial charge in [0.2, 0.25) is 0 Å². The number of carbonyl (C=O) groups excluding carboxylic acids is 2. The number of ether oxygens (including phenoxy) is 3. The molecule has 2 aromatic carbocycles. The SMILES string of the molecule is CCOC(=O)C(Cc1ccc(OCCN2CC(=O)Cc3ccccc32)cc1)OCC. The molecule has 1 unspecified atom stereocenters. The van der Waals surface area contributed by atoms with Crippen molar-refractivity contribution in [2.45, 2.75) is 32.8 Å². The van der Waals surface area contributed by atoms with Gasteiger partial charge < -0.3 is 19.1 Å². The molecule has 30 heavy (non-hydrogen) atoms.